The first-order valence-electron chi connectivity index (χ1n) is 4.89. The quantitative estimate of drug-likeness (QED) is 0.911. The van der Waals surface area contributed by atoms with Crippen LogP contribution in [0.2, 0.25) is 0 Å². The molecule has 0 radical (unpaired) electrons. The van der Waals surface area contributed by atoms with E-state index in [0.29, 0.717) is 0 Å². The molecular formula is C11H8F3N3S. The Morgan fingerprint density at radius 2 is 1.72 bits per heavy atom. The zero-order valence-electron chi connectivity index (χ0n) is 8.98. The van der Waals surface area contributed by atoms with Crippen molar-refractivity contribution in [1.82, 2.24) is 9.97 Å². The van der Waals surface area contributed by atoms with Crippen molar-refractivity contribution >= 4 is 17.6 Å². The van der Waals surface area contributed by atoms with E-state index in [1.807, 2.05) is 0 Å². The Kier molecular flexibility index (Phi) is 3.42. The summed E-state index contributed by atoms with van der Waals surface area (Å²) in [5.74, 6) is 0.111. The zero-order valence-corrected chi connectivity index (χ0v) is 9.79. The highest BCUT2D eigenvalue weighted by Crippen LogP contribution is 2.39. The molecular weight excluding hydrogens is 263 g/mol. The lowest BCUT2D eigenvalue weighted by Gasteiger charge is -2.11. The topological polar surface area (TPSA) is 51.8 Å². The Labute approximate surface area is 105 Å². The van der Waals surface area contributed by atoms with E-state index in [-0.39, 0.29) is 15.7 Å². The molecule has 1 aromatic carbocycles. The van der Waals surface area contributed by atoms with E-state index in [2.05, 4.69) is 9.97 Å². The van der Waals surface area contributed by atoms with Gasteiger partial charge < -0.3 is 5.73 Å². The van der Waals surface area contributed by atoms with Gasteiger partial charge >= 0.3 is 6.18 Å². The summed E-state index contributed by atoms with van der Waals surface area (Å²) < 4.78 is 38.3. The molecule has 0 unspecified atom stereocenters. The first-order valence-corrected chi connectivity index (χ1v) is 5.70. The Balaban J connectivity index is 2.39. The van der Waals surface area contributed by atoms with Crippen molar-refractivity contribution in [2.24, 2.45) is 0 Å². The summed E-state index contributed by atoms with van der Waals surface area (Å²) in [4.78, 5) is 7.74. The van der Waals surface area contributed by atoms with Gasteiger partial charge in [0, 0.05) is 17.3 Å². The maximum Gasteiger partial charge on any atom is 0.417 e. The second-order valence-electron chi connectivity index (χ2n) is 3.34. The number of hydrogen-bond acceptors (Lipinski definition) is 4. The molecule has 2 aromatic rings. The third-order valence-electron chi connectivity index (χ3n) is 2.09. The number of rotatable bonds is 2. The van der Waals surface area contributed by atoms with Crippen molar-refractivity contribution in [2.45, 2.75) is 16.1 Å². The molecule has 1 heterocycles. The Morgan fingerprint density at radius 3 is 2.39 bits per heavy atom. The van der Waals surface area contributed by atoms with Crippen LogP contribution in [0.1, 0.15) is 5.56 Å². The van der Waals surface area contributed by atoms with Crippen molar-refractivity contribution in [2.75, 3.05) is 5.73 Å². The van der Waals surface area contributed by atoms with Gasteiger partial charge in [-0.2, -0.15) is 13.2 Å². The summed E-state index contributed by atoms with van der Waals surface area (Å²) in [7, 11) is 0. The van der Waals surface area contributed by atoms with E-state index in [1.165, 1.54) is 30.6 Å². The highest BCUT2D eigenvalue weighted by molar-refractivity contribution is 7.99. The summed E-state index contributed by atoms with van der Waals surface area (Å²) in [6, 6.07) is 5.27. The molecule has 0 saturated heterocycles. The van der Waals surface area contributed by atoms with Crippen LogP contribution in [0.3, 0.4) is 0 Å². The summed E-state index contributed by atoms with van der Waals surface area (Å²) >= 11 is 0.849. The van der Waals surface area contributed by atoms with E-state index >= 15 is 0 Å². The normalized spacial score (nSPS) is 11.5. The van der Waals surface area contributed by atoms with Gasteiger partial charge in [0.15, 0.2) is 5.82 Å². The third kappa shape index (κ3) is 2.73. The van der Waals surface area contributed by atoms with Gasteiger partial charge in [-0.05, 0) is 12.1 Å². The number of alkyl halides is 3. The number of hydrogen-bond donors (Lipinski definition) is 1. The van der Waals surface area contributed by atoms with Crippen LogP contribution < -0.4 is 5.73 Å². The maximum absolute atomic E-state index is 12.8. The van der Waals surface area contributed by atoms with Gasteiger partial charge in [-0.25, -0.2) is 9.97 Å². The largest absolute Gasteiger partial charge is 0.417 e. The number of nitrogen functional groups attached to an aromatic ring is 1. The average molecular weight is 271 g/mol. The van der Waals surface area contributed by atoms with Gasteiger partial charge in [0.05, 0.1) is 5.56 Å². The number of nitrogens with two attached hydrogens (primary N) is 1. The molecule has 2 N–H and O–H groups in total. The van der Waals surface area contributed by atoms with Crippen molar-refractivity contribution < 1.29 is 13.2 Å². The molecule has 0 bridgehead atoms. The van der Waals surface area contributed by atoms with Crippen LogP contribution in [0.5, 0.6) is 0 Å². The van der Waals surface area contributed by atoms with Crippen LogP contribution in [-0.2, 0) is 6.18 Å². The Hall–Kier alpha value is -1.76. The second-order valence-corrected chi connectivity index (χ2v) is 4.37. The SMILES string of the molecule is Nc1nccnc1Sc1ccccc1C(F)(F)F. The van der Waals surface area contributed by atoms with Crippen molar-refractivity contribution in [3.05, 3.63) is 42.2 Å². The standard InChI is InChI=1S/C11H8F3N3S/c12-11(13,14)7-3-1-2-4-8(7)18-10-9(15)16-5-6-17-10/h1-6H,(H2,15,16). The van der Waals surface area contributed by atoms with Crippen molar-refractivity contribution in [1.29, 1.82) is 0 Å². The van der Waals surface area contributed by atoms with Crippen LogP contribution >= 0.6 is 11.8 Å². The summed E-state index contributed by atoms with van der Waals surface area (Å²) in [6.45, 7) is 0. The number of anilines is 1. The third-order valence-corrected chi connectivity index (χ3v) is 3.17. The van der Waals surface area contributed by atoms with Crippen LogP contribution in [0, 0.1) is 0 Å². The zero-order chi connectivity index (χ0) is 13.2. The molecule has 2 rings (SSSR count). The highest BCUT2D eigenvalue weighted by Gasteiger charge is 2.33. The van der Waals surface area contributed by atoms with Gasteiger partial charge in [-0.3, -0.25) is 0 Å². The van der Waals surface area contributed by atoms with Gasteiger partial charge in [0.25, 0.3) is 0 Å². The van der Waals surface area contributed by atoms with Crippen molar-refractivity contribution in [3.63, 3.8) is 0 Å². The minimum atomic E-state index is -4.40. The van der Waals surface area contributed by atoms with E-state index in [4.69, 9.17) is 5.73 Å². The first-order chi connectivity index (χ1) is 8.48. The van der Waals surface area contributed by atoms with Crippen LogP contribution in [-0.4, -0.2) is 9.97 Å². The van der Waals surface area contributed by atoms with Crippen LogP contribution in [0.15, 0.2) is 46.6 Å². The maximum atomic E-state index is 12.8. The van der Waals surface area contributed by atoms with Gasteiger partial charge in [0.2, 0.25) is 0 Å². The fourth-order valence-electron chi connectivity index (χ4n) is 1.31. The lowest BCUT2D eigenvalue weighted by atomic mass is 10.2. The predicted octanol–water partition coefficient (Wildman–Crippen LogP) is 3.23. The fraction of sp³-hybridized carbons (Fsp3) is 0.0909. The smallest absolute Gasteiger partial charge is 0.381 e. The highest BCUT2D eigenvalue weighted by atomic mass is 32.2. The van der Waals surface area contributed by atoms with Gasteiger partial charge in [0.1, 0.15) is 5.03 Å². The second kappa shape index (κ2) is 4.85. The molecule has 0 aliphatic carbocycles. The summed E-state index contributed by atoms with van der Waals surface area (Å²) in [6.07, 6.45) is -1.63. The molecule has 0 amide bonds. The average Bonchev–Trinajstić information content (AvgIpc) is 2.31. The molecule has 1 aromatic heterocycles. The lowest BCUT2D eigenvalue weighted by molar-refractivity contribution is -0.139. The molecule has 0 saturated carbocycles. The minimum absolute atomic E-state index is 0.0530. The van der Waals surface area contributed by atoms with Crippen LogP contribution in [0.25, 0.3) is 0 Å². The number of halogens is 3. The molecule has 7 heteroatoms. The summed E-state index contributed by atoms with van der Waals surface area (Å²) in [5, 5.41) is 0.259. The minimum Gasteiger partial charge on any atom is -0.381 e. The van der Waals surface area contributed by atoms with E-state index in [9.17, 15) is 13.2 Å². The number of benzene rings is 1. The van der Waals surface area contributed by atoms with Gasteiger partial charge in [-0.15, -0.1) is 0 Å². The van der Waals surface area contributed by atoms with E-state index < -0.39 is 11.7 Å². The lowest BCUT2D eigenvalue weighted by Crippen LogP contribution is -2.06. The molecule has 0 aliphatic rings. The Morgan fingerprint density at radius 1 is 1.06 bits per heavy atom. The van der Waals surface area contributed by atoms with E-state index in [0.717, 1.165) is 17.8 Å². The predicted molar refractivity (Wildman–Crippen MR) is 62.0 cm³/mol. The van der Waals surface area contributed by atoms with Crippen LogP contribution in [0.4, 0.5) is 19.0 Å². The monoisotopic (exact) mass is 271 g/mol. The Bertz CT molecular complexity index is 557. The number of aromatic nitrogens is 2. The molecule has 0 spiro atoms. The molecule has 0 aliphatic heterocycles. The molecule has 18 heavy (non-hydrogen) atoms. The molecule has 94 valence electrons. The fourth-order valence-corrected chi connectivity index (χ4v) is 2.23. The first kappa shape index (κ1) is 12.7. The van der Waals surface area contributed by atoms with Gasteiger partial charge in [-0.1, -0.05) is 23.9 Å². The molecule has 0 atom stereocenters. The summed E-state index contributed by atoms with van der Waals surface area (Å²) in [5.41, 5.74) is 4.84. The van der Waals surface area contributed by atoms with Crippen molar-refractivity contribution in [3.8, 4) is 0 Å². The number of nitrogens with zero attached hydrogens (tertiary/aromatic N) is 2. The molecule has 3 nitrogen and oxygen atoms in total. The van der Waals surface area contributed by atoms with E-state index in [1.54, 1.807) is 0 Å². The molecule has 0 fully saturated rings.